The highest BCUT2D eigenvalue weighted by atomic mass is 32.2. The monoisotopic (exact) mass is 455 g/mol. The normalized spacial score (nSPS) is 15.0. The average molecular weight is 456 g/mol. The van der Waals surface area contributed by atoms with Crippen molar-refractivity contribution >= 4 is 46.3 Å². The quantitative estimate of drug-likeness (QED) is 0.293. The number of carbonyl (C=O) groups excluding carboxylic acids is 1. The summed E-state index contributed by atoms with van der Waals surface area (Å²) in [6.45, 7) is 3.05. The molecule has 1 fully saturated rings. The van der Waals surface area contributed by atoms with Crippen LogP contribution in [0.1, 0.15) is 42.4 Å². The van der Waals surface area contributed by atoms with E-state index in [2.05, 4.69) is 19.1 Å². The minimum atomic E-state index is -0.793. The lowest BCUT2D eigenvalue weighted by Gasteiger charge is -2.13. The number of thiocarbonyl (C=S) groups is 1. The molecular weight excluding hydrogens is 430 g/mol. The maximum Gasteiger partial charge on any atom is 0.303 e. The molecule has 0 bridgehead atoms. The molecule has 0 saturated carbocycles. The van der Waals surface area contributed by atoms with Crippen LogP contribution in [0.25, 0.3) is 6.08 Å². The number of benzene rings is 2. The Morgan fingerprint density at radius 1 is 1.16 bits per heavy atom. The summed E-state index contributed by atoms with van der Waals surface area (Å²) >= 11 is 6.67. The number of ether oxygens (including phenoxy) is 1. The minimum Gasteiger partial charge on any atom is -0.489 e. The van der Waals surface area contributed by atoms with Crippen molar-refractivity contribution in [3.05, 3.63) is 70.1 Å². The second-order valence-corrected chi connectivity index (χ2v) is 9.06. The topological polar surface area (TPSA) is 66.8 Å². The highest BCUT2D eigenvalue weighted by Gasteiger charge is 2.31. The molecule has 1 aliphatic heterocycles. The zero-order valence-electron chi connectivity index (χ0n) is 17.4. The third-order valence-corrected chi connectivity index (χ3v) is 6.21. The number of aryl methyl sites for hydroxylation is 1. The number of unbranched alkanes of at least 4 members (excludes halogenated alkanes) is 2. The molecule has 5 nitrogen and oxygen atoms in total. The summed E-state index contributed by atoms with van der Waals surface area (Å²) in [7, 11) is 0. The molecule has 1 heterocycles. The van der Waals surface area contributed by atoms with Gasteiger partial charge < -0.3 is 9.84 Å². The Hall–Kier alpha value is -2.64. The summed E-state index contributed by atoms with van der Waals surface area (Å²) in [4.78, 5) is 25.5. The van der Waals surface area contributed by atoms with Crippen molar-refractivity contribution in [1.82, 2.24) is 4.90 Å². The Morgan fingerprint density at radius 2 is 1.94 bits per heavy atom. The SMILES string of the molecule is Cc1ccc(COc2cccc(/C=C3\SC(=S)N(CCCCCC(=O)O)C3=O)c2)cc1. The summed E-state index contributed by atoms with van der Waals surface area (Å²) in [6.07, 6.45) is 4.08. The number of carbonyl (C=O) groups is 2. The lowest BCUT2D eigenvalue weighted by molar-refractivity contribution is -0.137. The van der Waals surface area contributed by atoms with Gasteiger partial charge in [-0.15, -0.1) is 0 Å². The fraction of sp³-hybridized carbons (Fsp3) is 0.292. The van der Waals surface area contributed by atoms with Crippen LogP contribution in [0.2, 0.25) is 0 Å². The van der Waals surface area contributed by atoms with E-state index in [4.69, 9.17) is 22.1 Å². The molecule has 1 amide bonds. The Balaban J connectivity index is 1.57. The van der Waals surface area contributed by atoms with E-state index < -0.39 is 5.97 Å². The Bertz CT molecular complexity index is 985. The lowest BCUT2D eigenvalue weighted by atomic mass is 10.1. The fourth-order valence-electron chi connectivity index (χ4n) is 3.11. The second kappa shape index (κ2) is 11.1. The van der Waals surface area contributed by atoms with E-state index in [1.165, 1.54) is 17.3 Å². The van der Waals surface area contributed by atoms with Crippen molar-refractivity contribution in [2.45, 2.75) is 39.2 Å². The van der Waals surface area contributed by atoms with Crippen molar-refractivity contribution in [2.75, 3.05) is 6.54 Å². The van der Waals surface area contributed by atoms with Crippen molar-refractivity contribution in [2.24, 2.45) is 0 Å². The number of carboxylic acids is 1. The first-order valence-electron chi connectivity index (χ1n) is 10.2. The molecule has 1 aliphatic rings. The van der Waals surface area contributed by atoms with E-state index in [1.807, 2.05) is 42.5 Å². The minimum absolute atomic E-state index is 0.0980. The first-order chi connectivity index (χ1) is 14.9. The zero-order chi connectivity index (χ0) is 22.2. The molecule has 7 heteroatoms. The Kier molecular flexibility index (Phi) is 8.26. The van der Waals surface area contributed by atoms with Gasteiger partial charge in [0.05, 0.1) is 4.91 Å². The number of rotatable bonds is 10. The predicted molar refractivity (Wildman–Crippen MR) is 128 cm³/mol. The highest BCUT2D eigenvalue weighted by Crippen LogP contribution is 2.33. The third kappa shape index (κ3) is 6.94. The molecule has 2 aromatic carbocycles. The molecule has 0 spiro atoms. The van der Waals surface area contributed by atoms with Crippen LogP contribution in [0.4, 0.5) is 0 Å². The fourth-order valence-corrected chi connectivity index (χ4v) is 4.42. The van der Waals surface area contributed by atoms with Crippen LogP contribution in [0.5, 0.6) is 5.75 Å². The van der Waals surface area contributed by atoms with Gasteiger partial charge in [0.1, 0.15) is 16.7 Å². The van der Waals surface area contributed by atoms with Crippen LogP contribution in [0, 0.1) is 6.92 Å². The van der Waals surface area contributed by atoms with Crippen LogP contribution < -0.4 is 4.74 Å². The van der Waals surface area contributed by atoms with Crippen molar-refractivity contribution in [1.29, 1.82) is 0 Å². The number of hydrogen-bond donors (Lipinski definition) is 1. The molecule has 3 rings (SSSR count). The maximum absolute atomic E-state index is 12.7. The largest absolute Gasteiger partial charge is 0.489 e. The summed E-state index contributed by atoms with van der Waals surface area (Å²) in [6, 6.07) is 15.8. The van der Waals surface area contributed by atoms with Crippen molar-refractivity contribution < 1.29 is 19.4 Å². The lowest BCUT2D eigenvalue weighted by Crippen LogP contribution is -2.29. The van der Waals surface area contributed by atoms with E-state index in [1.54, 1.807) is 4.90 Å². The molecule has 1 N–H and O–H groups in total. The van der Waals surface area contributed by atoms with E-state index >= 15 is 0 Å². The molecular formula is C24H25NO4S2. The standard InChI is InChI=1S/C24H25NO4S2/c1-17-9-11-18(12-10-17)16-29-20-7-5-6-19(14-20)15-21-23(28)25(24(30)31-21)13-4-2-3-8-22(26)27/h5-7,9-12,14-15H,2-4,8,13,16H2,1H3,(H,26,27)/b21-15-. The maximum atomic E-state index is 12.7. The van der Waals surface area contributed by atoms with Gasteiger partial charge in [-0.2, -0.15) is 0 Å². The number of thioether (sulfide) groups is 1. The van der Waals surface area contributed by atoms with Crippen LogP contribution in [0.15, 0.2) is 53.4 Å². The summed E-state index contributed by atoms with van der Waals surface area (Å²) in [5.41, 5.74) is 3.19. The van der Waals surface area contributed by atoms with Crippen molar-refractivity contribution in [3.63, 3.8) is 0 Å². The molecule has 31 heavy (non-hydrogen) atoms. The number of carboxylic acid groups (broad SMARTS) is 1. The molecule has 0 radical (unpaired) electrons. The Labute approximate surface area is 192 Å². The molecule has 0 unspecified atom stereocenters. The van der Waals surface area contributed by atoms with Crippen LogP contribution in [-0.2, 0) is 16.2 Å². The third-order valence-electron chi connectivity index (χ3n) is 4.83. The second-order valence-electron chi connectivity index (χ2n) is 7.38. The first-order valence-corrected chi connectivity index (χ1v) is 11.4. The van der Waals surface area contributed by atoms with Crippen LogP contribution >= 0.6 is 24.0 Å². The van der Waals surface area contributed by atoms with Gasteiger partial charge in [-0.05, 0) is 49.1 Å². The first kappa shape index (κ1) is 23.0. The zero-order valence-corrected chi connectivity index (χ0v) is 19.0. The Morgan fingerprint density at radius 3 is 2.68 bits per heavy atom. The van der Waals surface area contributed by atoms with Gasteiger partial charge in [-0.3, -0.25) is 14.5 Å². The van der Waals surface area contributed by atoms with Gasteiger partial charge in [0, 0.05) is 13.0 Å². The molecule has 1 saturated heterocycles. The van der Waals surface area contributed by atoms with Gasteiger partial charge in [0.15, 0.2) is 0 Å². The van der Waals surface area contributed by atoms with Crippen LogP contribution in [-0.4, -0.2) is 32.7 Å². The molecule has 2 aromatic rings. The molecule has 0 aliphatic carbocycles. The van der Waals surface area contributed by atoms with Gasteiger partial charge >= 0.3 is 5.97 Å². The predicted octanol–water partition coefficient (Wildman–Crippen LogP) is 5.42. The van der Waals surface area contributed by atoms with Crippen molar-refractivity contribution in [3.8, 4) is 5.75 Å². The van der Waals surface area contributed by atoms with E-state index in [9.17, 15) is 9.59 Å². The number of aliphatic carboxylic acids is 1. The number of hydrogen-bond acceptors (Lipinski definition) is 5. The van der Waals surface area contributed by atoms with E-state index in [0.29, 0.717) is 28.8 Å². The van der Waals surface area contributed by atoms with Gasteiger partial charge in [0.25, 0.3) is 5.91 Å². The van der Waals surface area contributed by atoms with E-state index in [0.717, 1.165) is 29.7 Å². The molecule has 0 aromatic heterocycles. The van der Waals surface area contributed by atoms with E-state index in [-0.39, 0.29) is 12.3 Å². The smallest absolute Gasteiger partial charge is 0.303 e. The summed E-state index contributed by atoms with van der Waals surface area (Å²) in [5, 5.41) is 8.70. The van der Waals surface area contributed by atoms with Gasteiger partial charge in [-0.25, -0.2) is 0 Å². The highest BCUT2D eigenvalue weighted by molar-refractivity contribution is 8.26. The number of amides is 1. The molecule has 162 valence electrons. The average Bonchev–Trinajstić information content (AvgIpc) is 3.00. The summed E-state index contributed by atoms with van der Waals surface area (Å²) < 4.78 is 6.44. The van der Waals surface area contributed by atoms with Gasteiger partial charge in [-0.1, -0.05) is 72.4 Å². The molecule has 0 atom stereocenters. The van der Waals surface area contributed by atoms with Crippen LogP contribution in [0.3, 0.4) is 0 Å². The summed E-state index contributed by atoms with van der Waals surface area (Å²) in [5.74, 6) is -0.152. The van der Waals surface area contributed by atoms with Gasteiger partial charge in [0.2, 0.25) is 0 Å². The number of nitrogens with zero attached hydrogens (tertiary/aromatic N) is 1.